The zero-order chi connectivity index (χ0) is 17.4. The van der Waals surface area contributed by atoms with Gasteiger partial charge >= 0.3 is 0 Å². The molecule has 1 aliphatic rings. The smallest absolute Gasteiger partial charge is 0.259 e. The van der Waals surface area contributed by atoms with Gasteiger partial charge in [0.05, 0.1) is 11.7 Å². The first kappa shape index (κ1) is 15.5. The molecule has 1 aromatic carbocycles. The molecule has 5 nitrogen and oxygen atoms in total. The number of hydrogen-bond donors (Lipinski definition) is 1. The molecule has 0 saturated carbocycles. The summed E-state index contributed by atoms with van der Waals surface area (Å²) in [5, 5.41) is 0.180. The van der Waals surface area contributed by atoms with Crippen molar-refractivity contribution in [1.82, 2.24) is 14.9 Å². The summed E-state index contributed by atoms with van der Waals surface area (Å²) in [4.78, 5) is 34.6. The van der Waals surface area contributed by atoms with Gasteiger partial charge in [0.1, 0.15) is 11.4 Å². The van der Waals surface area contributed by atoms with Crippen LogP contribution >= 0.6 is 0 Å². The van der Waals surface area contributed by atoms with Crippen LogP contribution in [0.5, 0.6) is 0 Å². The predicted octanol–water partition coefficient (Wildman–Crippen LogP) is 3.04. The number of nitrogens with one attached hydrogen (secondary N) is 1. The summed E-state index contributed by atoms with van der Waals surface area (Å²) in [5.41, 5.74) is 0.896. The first-order chi connectivity index (χ1) is 12.1. The Morgan fingerprint density at radius 1 is 1.28 bits per heavy atom. The Kier molecular flexibility index (Phi) is 3.80. The van der Waals surface area contributed by atoms with E-state index >= 15 is 0 Å². The number of aromatic nitrogens is 2. The molecule has 25 heavy (non-hydrogen) atoms. The zero-order valence-electron chi connectivity index (χ0n) is 13.4. The van der Waals surface area contributed by atoms with Gasteiger partial charge < -0.3 is 9.88 Å². The van der Waals surface area contributed by atoms with Crippen LogP contribution in [0.2, 0.25) is 0 Å². The number of benzene rings is 1. The van der Waals surface area contributed by atoms with E-state index < -0.39 is 11.2 Å². The second-order valence-corrected chi connectivity index (χ2v) is 6.13. The number of halogens is 1. The van der Waals surface area contributed by atoms with Crippen LogP contribution in [0.3, 0.4) is 0 Å². The quantitative estimate of drug-likeness (QED) is 0.782. The maximum absolute atomic E-state index is 13.5. The van der Waals surface area contributed by atoms with Crippen LogP contribution in [0.4, 0.5) is 4.39 Å². The van der Waals surface area contributed by atoms with Gasteiger partial charge in [-0.15, -0.1) is 0 Å². The summed E-state index contributed by atoms with van der Waals surface area (Å²) in [7, 11) is 0. The van der Waals surface area contributed by atoms with Crippen LogP contribution in [-0.2, 0) is 0 Å². The van der Waals surface area contributed by atoms with Crippen LogP contribution in [0.15, 0.2) is 53.6 Å². The molecule has 1 aliphatic heterocycles. The first-order valence-corrected chi connectivity index (χ1v) is 8.18. The van der Waals surface area contributed by atoms with Gasteiger partial charge in [0.25, 0.3) is 5.91 Å². The molecule has 1 saturated heterocycles. The van der Waals surface area contributed by atoms with Gasteiger partial charge in [0.15, 0.2) is 0 Å². The predicted molar refractivity (Wildman–Crippen MR) is 91.8 cm³/mol. The molecule has 1 atom stereocenters. The molecule has 126 valence electrons. The minimum Gasteiger partial charge on any atom is -0.360 e. The fourth-order valence-corrected chi connectivity index (χ4v) is 3.39. The van der Waals surface area contributed by atoms with E-state index in [1.165, 1.54) is 18.3 Å². The minimum atomic E-state index is -0.505. The number of carbonyl (C=O) groups is 1. The third-order valence-corrected chi connectivity index (χ3v) is 4.62. The molecule has 1 unspecified atom stereocenters. The molecule has 3 aromatic rings. The number of hydrogen-bond acceptors (Lipinski definition) is 3. The van der Waals surface area contributed by atoms with E-state index in [9.17, 15) is 14.0 Å². The van der Waals surface area contributed by atoms with Crippen LogP contribution in [0, 0.1) is 5.82 Å². The number of H-pyrrole nitrogens is 1. The lowest BCUT2D eigenvalue weighted by atomic mass is 10.1. The molecule has 2 aromatic heterocycles. The average Bonchev–Trinajstić information content (AvgIpc) is 3.12. The lowest BCUT2D eigenvalue weighted by Gasteiger charge is -2.24. The summed E-state index contributed by atoms with van der Waals surface area (Å²) in [6.45, 7) is 0.570. The number of nitrogens with zero attached hydrogens (tertiary/aromatic N) is 2. The van der Waals surface area contributed by atoms with Crippen molar-refractivity contribution in [3.63, 3.8) is 0 Å². The van der Waals surface area contributed by atoms with E-state index in [2.05, 4.69) is 9.97 Å². The van der Waals surface area contributed by atoms with Gasteiger partial charge in [-0.3, -0.25) is 14.6 Å². The van der Waals surface area contributed by atoms with Crippen LogP contribution in [0.25, 0.3) is 10.9 Å². The molecule has 6 heteroatoms. The SMILES string of the molecule is O=C(c1c[nH]c2ccc(F)cc2c1=O)N1CCCC1c1ccccn1. The molecule has 1 N–H and O–H groups in total. The number of rotatable bonds is 2. The number of carbonyl (C=O) groups excluding carboxylic acids is 1. The van der Waals surface area contributed by atoms with E-state index in [0.29, 0.717) is 12.1 Å². The van der Waals surface area contributed by atoms with Crippen LogP contribution in [0.1, 0.15) is 34.9 Å². The van der Waals surface area contributed by atoms with Crippen molar-refractivity contribution in [2.75, 3.05) is 6.54 Å². The van der Waals surface area contributed by atoms with Crippen molar-refractivity contribution in [2.45, 2.75) is 18.9 Å². The van der Waals surface area contributed by atoms with Gasteiger partial charge in [-0.1, -0.05) is 6.07 Å². The summed E-state index contributed by atoms with van der Waals surface area (Å²) in [6, 6.07) is 9.38. The van der Waals surface area contributed by atoms with Gasteiger partial charge in [-0.2, -0.15) is 0 Å². The normalized spacial score (nSPS) is 17.2. The minimum absolute atomic E-state index is 0.0286. The van der Waals surface area contributed by atoms with Crippen molar-refractivity contribution < 1.29 is 9.18 Å². The fraction of sp³-hybridized carbons (Fsp3) is 0.211. The Labute approximate surface area is 143 Å². The molecule has 1 fully saturated rings. The lowest BCUT2D eigenvalue weighted by molar-refractivity contribution is 0.0731. The highest BCUT2D eigenvalue weighted by Gasteiger charge is 2.32. The Balaban J connectivity index is 1.74. The standard InChI is InChI=1S/C19H16FN3O2/c20-12-6-7-15-13(10-12)18(24)14(11-22-15)19(25)23-9-3-5-17(23)16-4-1-2-8-21-16/h1-2,4,6-8,10-11,17H,3,5,9H2,(H,22,24). The van der Waals surface area contributed by atoms with Crippen molar-refractivity contribution >= 4 is 16.8 Å². The van der Waals surface area contributed by atoms with Gasteiger partial charge in [0.2, 0.25) is 5.43 Å². The third kappa shape index (κ3) is 2.69. The van der Waals surface area contributed by atoms with Gasteiger partial charge in [0, 0.05) is 29.8 Å². The Hall–Kier alpha value is -3.02. The molecular formula is C19H16FN3O2. The fourth-order valence-electron chi connectivity index (χ4n) is 3.39. The van der Waals surface area contributed by atoms with Crippen molar-refractivity contribution in [2.24, 2.45) is 0 Å². The first-order valence-electron chi connectivity index (χ1n) is 8.18. The molecule has 0 spiro atoms. The maximum atomic E-state index is 13.5. The van der Waals surface area contributed by atoms with E-state index in [4.69, 9.17) is 0 Å². The number of amides is 1. The van der Waals surface area contributed by atoms with Gasteiger partial charge in [-0.25, -0.2) is 4.39 Å². The van der Waals surface area contributed by atoms with E-state index in [0.717, 1.165) is 24.6 Å². The maximum Gasteiger partial charge on any atom is 0.259 e. The monoisotopic (exact) mass is 337 g/mol. The Bertz CT molecular complexity index is 1000. The highest BCUT2D eigenvalue weighted by molar-refractivity contribution is 5.97. The number of fused-ring (bicyclic) bond motifs is 1. The highest BCUT2D eigenvalue weighted by atomic mass is 19.1. The number of likely N-dealkylation sites (tertiary alicyclic amines) is 1. The summed E-state index contributed by atoms with van der Waals surface area (Å²) >= 11 is 0. The molecule has 3 heterocycles. The number of aromatic amines is 1. The van der Waals surface area contributed by atoms with E-state index in [-0.39, 0.29) is 22.9 Å². The van der Waals surface area contributed by atoms with Crippen molar-refractivity contribution in [3.8, 4) is 0 Å². The molecule has 1 amide bonds. The van der Waals surface area contributed by atoms with Crippen molar-refractivity contribution in [3.05, 3.63) is 76.1 Å². The average molecular weight is 337 g/mol. The molecule has 0 bridgehead atoms. The summed E-state index contributed by atoms with van der Waals surface area (Å²) in [6.07, 6.45) is 4.77. The zero-order valence-corrected chi connectivity index (χ0v) is 13.4. The van der Waals surface area contributed by atoms with Crippen molar-refractivity contribution in [1.29, 1.82) is 0 Å². The molecule has 0 aliphatic carbocycles. The Morgan fingerprint density at radius 3 is 2.96 bits per heavy atom. The second-order valence-electron chi connectivity index (χ2n) is 6.13. The topological polar surface area (TPSA) is 66.1 Å². The van der Waals surface area contributed by atoms with E-state index in [1.54, 1.807) is 11.1 Å². The van der Waals surface area contributed by atoms with Crippen LogP contribution < -0.4 is 5.43 Å². The van der Waals surface area contributed by atoms with E-state index in [1.807, 2.05) is 18.2 Å². The van der Waals surface area contributed by atoms with Crippen LogP contribution in [-0.4, -0.2) is 27.3 Å². The summed E-state index contributed by atoms with van der Waals surface area (Å²) < 4.78 is 13.5. The lowest BCUT2D eigenvalue weighted by Crippen LogP contribution is -2.34. The Morgan fingerprint density at radius 2 is 2.16 bits per heavy atom. The third-order valence-electron chi connectivity index (χ3n) is 4.62. The summed E-state index contributed by atoms with van der Waals surface area (Å²) in [5.74, 6) is -0.851. The number of pyridine rings is 2. The highest BCUT2D eigenvalue weighted by Crippen LogP contribution is 2.31. The molecular weight excluding hydrogens is 321 g/mol. The molecule has 0 radical (unpaired) electrons. The largest absolute Gasteiger partial charge is 0.360 e. The van der Waals surface area contributed by atoms with Gasteiger partial charge in [-0.05, 0) is 43.2 Å². The molecule has 4 rings (SSSR count). The second kappa shape index (κ2) is 6.12.